The van der Waals surface area contributed by atoms with Gasteiger partial charge < -0.3 is 14.4 Å². The van der Waals surface area contributed by atoms with Crippen LogP contribution in [0.4, 0.5) is 5.69 Å². The van der Waals surface area contributed by atoms with Gasteiger partial charge in [-0.05, 0) is 124 Å². The fourth-order valence-electron chi connectivity index (χ4n) is 11.9. The van der Waals surface area contributed by atoms with Crippen molar-refractivity contribution in [1.29, 1.82) is 0 Å². The molecule has 6 aromatic carbocycles. The van der Waals surface area contributed by atoms with E-state index in [1.54, 1.807) is 7.11 Å². The van der Waals surface area contributed by atoms with Crippen molar-refractivity contribution >= 4 is 22.5 Å². The highest BCUT2D eigenvalue weighted by atomic mass is 16.5. The smallest absolute Gasteiger partial charge is 0.178 e. The lowest BCUT2D eigenvalue weighted by Gasteiger charge is -2.41. The molecule has 0 radical (unpaired) electrons. The van der Waals surface area contributed by atoms with Crippen molar-refractivity contribution < 1.29 is 9.47 Å². The lowest BCUT2D eigenvalue weighted by molar-refractivity contribution is 0.157. The predicted octanol–water partition coefficient (Wildman–Crippen LogP) is 13.8. The zero-order chi connectivity index (χ0) is 40.2. The first-order chi connectivity index (χ1) is 27.9. The van der Waals surface area contributed by atoms with Crippen LogP contribution in [0, 0.1) is 29.6 Å². The van der Waals surface area contributed by atoms with Crippen molar-refractivity contribution in [2.75, 3.05) is 25.1 Å². The van der Waals surface area contributed by atoms with E-state index in [-0.39, 0.29) is 16.2 Å². The summed E-state index contributed by atoms with van der Waals surface area (Å²) in [7, 11) is 1.79. The van der Waals surface area contributed by atoms with E-state index < -0.39 is 5.60 Å². The van der Waals surface area contributed by atoms with Crippen LogP contribution in [0.1, 0.15) is 94.2 Å². The van der Waals surface area contributed by atoms with Gasteiger partial charge in [-0.1, -0.05) is 139 Å². The Morgan fingerprint density at radius 1 is 0.672 bits per heavy atom. The lowest BCUT2D eigenvalue weighted by atomic mass is 9.66. The molecule has 0 bridgehead atoms. The number of ether oxygens (including phenoxy) is 2. The molecule has 3 nitrogen and oxygen atoms in total. The van der Waals surface area contributed by atoms with Crippen molar-refractivity contribution in [2.45, 2.75) is 78.7 Å². The average molecular weight is 764 g/mol. The topological polar surface area (TPSA) is 21.7 Å². The molecule has 1 saturated heterocycles. The van der Waals surface area contributed by atoms with E-state index in [1.807, 2.05) is 0 Å². The maximum absolute atomic E-state index is 7.90. The Morgan fingerprint density at radius 3 is 1.95 bits per heavy atom. The number of fused-ring (bicyclic) bond motifs is 12. The molecule has 294 valence electrons. The lowest BCUT2D eigenvalue weighted by Crippen LogP contribution is -2.39. The SMILES string of the molecule is COc1cc2c3c(c4c(c2cc1C)-c1ccccc1-c1ccccc1C41CC(C)(C)C(C)(C)C1)C=CC(c1ccccc1)(c1ccc(N2CC(C)C[C@H](C)C2)cc1)O3. The molecule has 0 N–H and O–H groups in total. The van der Waals surface area contributed by atoms with E-state index in [4.69, 9.17) is 9.47 Å². The molecule has 2 heterocycles. The zero-order valence-corrected chi connectivity index (χ0v) is 35.6. The summed E-state index contributed by atoms with van der Waals surface area (Å²) in [5.41, 5.74) is 12.9. The zero-order valence-electron chi connectivity index (χ0n) is 35.6. The Labute approximate surface area is 345 Å². The minimum atomic E-state index is -0.851. The molecular weight excluding hydrogens is 707 g/mol. The van der Waals surface area contributed by atoms with Gasteiger partial charge in [-0.2, -0.15) is 0 Å². The normalized spacial score (nSPS) is 23.3. The molecule has 2 unspecified atom stereocenters. The second-order valence-corrected chi connectivity index (χ2v) is 19.6. The standard InChI is InChI=1S/C55H57NO2/c1-35-28-36(2)32-56(31-35)40-24-22-39(23-25-40)55(38-16-10-9-11-17-38)27-26-44-50-49(45-29-37(3)48(57-8)30-46(45)51(44)58-55)43-20-13-12-18-41(43)42-19-14-15-21-47(42)54(50)33-52(4,5)53(6,7)34-54/h9-27,29-30,35-36H,28,31-34H2,1-8H3/t35-,36?,55?/m0/s1. The van der Waals surface area contributed by atoms with Gasteiger partial charge in [0.05, 0.1) is 7.11 Å². The molecule has 2 aliphatic carbocycles. The number of piperidine rings is 1. The van der Waals surface area contributed by atoms with Crippen molar-refractivity contribution in [3.63, 3.8) is 0 Å². The number of methoxy groups -OCH3 is 1. The first kappa shape index (κ1) is 37.0. The Hall–Kier alpha value is -5.28. The van der Waals surface area contributed by atoms with Gasteiger partial charge in [-0.25, -0.2) is 0 Å². The highest BCUT2D eigenvalue weighted by Gasteiger charge is 2.58. The van der Waals surface area contributed by atoms with Crippen LogP contribution in [0.15, 0.2) is 121 Å². The Kier molecular flexibility index (Phi) is 8.37. The average Bonchev–Trinajstić information content (AvgIpc) is 3.36. The fourth-order valence-corrected chi connectivity index (χ4v) is 11.9. The summed E-state index contributed by atoms with van der Waals surface area (Å²) in [6.45, 7) is 19.1. The van der Waals surface area contributed by atoms with Crippen LogP contribution < -0.4 is 14.4 Å². The first-order valence-electron chi connectivity index (χ1n) is 21.5. The second kappa shape index (κ2) is 13.1. The van der Waals surface area contributed by atoms with Gasteiger partial charge in [-0.15, -0.1) is 0 Å². The molecule has 0 amide bonds. The van der Waals surface area contributed by atoms with Crippen LogP contribution >= 0.6 is 0 Å². The van der Waals surface area contributed by atoms with Crippen molar-refractivity contribution in [2.24, 2.45) is 22.7 Å². The van der Waals surface area contributed by atoms with E-state index in [0.29, 0.717) is 11.8 Å². The number of aryl methyl sites for hydroxylation is 1. The van der Waals surface area contributed by atoms with Gasteiger partial charge in [0.25, 0.3) is 0 Å². The third-order valence-electron chi connectivity index (χ3n) is 15.0. The maximum atomic E-state index is 7.90. The van der Waals surface area contributed by atoms with E-state index in [2.05, 4.69) is 181 Å². The molecule has 1 saturated carbocycles. The molecule has 6 aromatic rings. The minimum absolute atomic E-state index is 0.0737. The molecule has 3 atom stereocenters. The quantitative estimate of drug-likeness (QED) is 0.178. The van der Waals surface area contributed by atoms with Crippen LogP contribution in [-0.4, -0.2) is 20.2 Å². The molecule has 58 heavy (non-hydrogen) atoms. The summed E-state index contributed by atoms with van der Waals surface area (Å²) >= 11 is 0. The number of anilines is 1. The van der Waals surface area contributed by atoms with Gasteiger partial charge in [0.1, 0.15) is 11.5 Å². The second-order valence-electron chi connectivity index (χ2n) is 19.6. The number of nitrogens with zero attached hydrogens (tertiary/aromatic N) is 1. The van der Waals surface area contributed by atoms with Crippen LogP contribution in [0.5, 0.6) is 11.5 Å². The number of hydrogen-bond donors (Lipinski definition) is 0. The van der Waals surface area contributed by atoms with E-state index in [1.165, 1.54) is 56.4 Å². The molecule has 4 aliphatic rings. The van der Waals surface area contributed by atoms with Crippen LogP contribution in [-0.2, 0) is 11.0 Å². The Morgan fingerprint density at radius 2 is 1.28 bits per heavy atom. The predicted molar refractivity (Wildman–Crippen MR) is 242 cm³/mol. The molecular formula is C55H57NO2. The molecule has 2 aliphatic heterocycles. The highest BCUT2D eigenvalue weighted by molar-refractivity contribution is 6.10. The van der Waals surface area contributed by atoms with E-state index >= 15 is 0 Å². The molecule has 10 rings (SSSR count). The van der Waals surface area contributed by atoms with Crippen LogP contribution in [0.3, 0.4) is 0 Å². The summed E-state index contributed by atoms with van der Waals surface area (Å²) in [6.07, 6.45) is 8.16. The minimum Gasteiger partial charge on any atom is -0.496 e. The molecule has 1 spiro atoms. The van der Waals surface area contributed by atoms with Crippen molar-refractivity contribution in [3.8, 4) is 33.8 Å². The molecule has 2 fully saturated rings. The van der Waals surface area contributed by atoms with Crippen LogP contribution in [0.2, 0.25) is 0 Å². The monoisotopic (exact) mass is 763 g/mol. The molecule has 3 heteroatoms. The summed E-state index contributed by atoms with van der Waals surface area (Å²) < 4.78 is 14.0. The van der Waals surface area contributed by atoms with Gasteiger partial charge in [0, 0.05) is 46.3 Å². The summed E-state index contributed by atoms with van der Waals surface area (Å²) in [5, 5.41) is 2.30. The fraction of sp³-hybridized carbons (Fsp3) is 0.345. The number of hydrogen-bond acceptors (Lipinski definition) is 3. The van der Waals surface area contributed by atoms with E-state index in [9.17, 15) is 0 Å². The van der Waals surface area contributed by atoms with Gasteiger partial charge in [0.2, 0.25) is 0 Å². The summed E-state index contributed by atoms with van der Waals surface area (Å²) in [5.74, 6) is 3.17. The number of benzene rings is 6. The highest BCUT2D eigenvalue weighted by Crippen LogP contribution is 2.68. The van der Waals surface area contributed by atoms with Crippen molar-refractivity contribution in [1.82, 2.24) is 0 Å². The van der Waals surface area contributed by atoms with E-state index in [0.717, 1.165) is 59.5 Å². The first-order valence-corrected chi connectivity index (χ1v) is 21.5. The maximum Gasteiger partial charge on any atom is 0.178 e. The van der Waals surface area contributed by atoms with Gasteiger partial charge >= 0.3 is 0 Å². The molecule has 0 aromatic heterocycles. The largest absolute Gasteiger partial charge is 0.496 e. The summed E-state index contributed by atoms with van der Waals surface area (Å²) in [6, 6.07) is 43.1. The van der Waals surface area contributed by atoms with Crippen LogP contribution in [0.25, 0.3) is 39.1 Å². The third-order valence-corrected chi connectivity index (χ3v) is 15.0. The van der Waals surface area contributed by atoms with Gasteiger partial charge in [0.15, 0.2) is 5.60 Å². The Bertz CT molecular complexity index is 2590. The summed E-state index contributed by atoms with van der Waals surface area (Å²) in [4.78, 5) is 2.57. The Balaban J connectivity index is 1.29. The third kappa shape index (κ3) is 5.38. The van der Waals surface area contributed by atoms with Crippen molar-refractivity contribution in [3.05, 3.63) is 155 Å². The van der Waals surface area contributed by atoms with Gasteiger partial charge in [-0.3, -0.25) is 0 Å². The number of rotatable bonds is 4.